The summed E-state index contributed by atoms with van der Waals surface area (Å²) in [7, 11) is 0. The lowest BCUT2D eigenvalue weighted by atomic mass is 9.92. The number of aromatic nitrogens is 1. The van der Waals surface area contributed by atoms with Gasteiger partial charge in [-0.2, -0.15) is 0 Å². The van der Waals surface area contributed by atoms with Crippen LogP contribution in [0, 0.1) is 0 Å². The minimum Gasteiger partial charge on any atom is -0.455 e. The molecule has 0 aliphatic rings. The Labute approximate surface area is 317 Å². The monoisotopic (exact) mass is 704 g/mol. The molecule has 0 bridgehead atoms. The fourth-order valence-corrected chi connectivity index (χ4v) is 8.19. The molecule has 11 aromatic rings. The Morgan fingerprint density at radius 2 is 1.07 bits per heavy atom. The Morgan fingerprint density at radius 3 is 1.89 bits per heavy atom. The molecule has 2 aromatic heterocycles. The van der Waals surface area contributed by atoms with Gasteiger partial charge in [0.25, 0.3) is 0 Å². The van der Waals surface area contributed by atoms with Crippen molar-refractivity contribution >= 4 is 71.6 Å². The molecule has 4 nitrogen and oxygen atoms in total. The summed E-state index contributed by atoms with van der Waals surface area (Å²) in [6.45, 7) is 0. The summed E-state index contributed by atoms with van der Waals surface area (Å²) in [6.07, 6.45) is 0. The second kappa shape index (κ2) is 12.6. The van der Waals surface area contributed by atoms with Gasteiger partial charge in [0.15, 0.2) is 5.58 Å². The zero-order valence-corrected chi connectivity index (χ0v) is 29.7. The van der Waals surface area contributed by atoms with Crippen molar-refractivity contribution < 1.29 is 8.83 Å². The first-order valence-electron chi connectivity index (χ1n) is 18.5. The van der Waals surface area contributed by atoms with Gasteiger partial charge < -0.3 is 13.7 Å². The highest BCUT2D eigenvalue weighted by Gasteiger charge is 2.24. The number of hydrogen-bond acceptors (Lipinski definition) is 4. The lowest BCUT2D eigenvalue weighted by molar-refractivity contribution is 0.616. The number of anilines is 3. The Balaban J connectivity index is 1.12. The molecular formula is C51H32N2O2. The molecule has 0 unspecified atom stereocenters. The molecule has 9 aromatic carbocycles. The van der Waals surface area contributed by atoms with Crippen LogP contribution in [-0.4, -0.2) is 4.98 Å². The molecule has 0 atom stereocenters. The van der Waals surface area contributed by atoms with Gasteiger partial charge in [0.05, 0.1) is 11.3 Å². The summed E-state index contributed by atoms with van der Waals surface area (Å²) in [5, 5.41) is 6.53. The van der Waals surface area contributed by atoms with Crippen LogP contribution < -0.4 is 4.90 Å². The molecule has 0 saturated carbocycles. The number of oxazole rings is 1. The molecule has 0 aliphatic carbocycles. The van der Waals surface area contributed by atoms with E-state index in [4.69, 9.17) is 13.8 Å². The van der Waals surface area contributed by atoms with E-state index in [1.54, 1.807) is 0 Å². The summed E-state index contributed by atoms with van der Waals surface area (Å²) in [6, 6.07) is 68.1. The topological polar surface area (TPSA) is 42.4 Å². The van der Waals surface area contributed by atoms with Crippen molar-refractivity contribution in [2.24, 2.45) is 0 Å². The third kappa shape index (κ3) is 5.11. The highest BCUT2D eigenvalue weighted by Crippen LogP contribution is 2.47. The highest BCUT2D eigenvalue weighted by molar-refractivity contribution is 6.22. The maximum absolute atomic E-state index is 6.83. The van der Waals surface area contributed by atoms with E-state index < -0.39 is 0 Å². The van der Waals surface area contributed by atoms with Gasteiger partial charge >= 0.3 is 0 Å². The minimum absolute atomic E-state index is 0.552. The standard InChI is InChI=1S/C51H32N2O2/c1-3-14-33(15-4-1)34-26-28-37(29-27-34)53(36-17-5-2-6-18-36)45-31-30-40(39-20-9-10-21-41(39)45)42-22-13-25-47-48(42)43-32-35-16-7-8-19-38(35)49(50(43)54-47)51-52-44-23-11-12-24-46(44)55-51/h1-32H. The maximum Gasteiger partial charge on any atom is 0.231 e. The maximum atomic E-state index is 6.83. The number of fused-ring (bicyclic) bond motifs is 6. The lowest BCUT2D eigenvalue weighted by Crippen LogP contribution is -2.10. The van der Waals surface area contributed by atoms with E-state index in [1.165, 1.54) is 11.1 Å². The van der Waals surface area contributed by atoms with Crippen LogP contribution >= 0.6 is 0 Å². The van der Waals surface area contributed by atoms with Gasteiger partial charge in [-0.25, -0.2) is 4.98 Å². The van der Waals surface area contributed by atoms with Gasteiger partial charge in [-0.15, -0.1) is 0 Å². The van der Waals surface area contributed by atoms with E-state index in [0.29, 0.717) is 5.89 Å². The molecule has 4 heteroatoms. The minimum atomic E-state index is 0.552. The van der Waals surface area contributed by atoms with Crippen molar-refractivity contribution in [2.75, 3.05) is 4.90 Å². The van der Waals surface area contributed by atoms with Gasteiger partial charge in [-0.3, -0.25) is 0 Å². The first kappa shape index (κ1) is 31.1. The van der Waals surface area contributed by atoms with E-state index in [1.807, 2.05) is 24.3 Å². The molecule has 0 spiro atoms. The van der Waals surface area contributed by atoms with Crippen LogP contribution in [0.15, 0.2) is 203 Å². The molecule has 55 heavy (non-hydrogen) atoms. The predicted octanol–water partition coefficient (Wildman–Crippen LogP) is 14.5. The average Bonchev–Trinajstić information content (AvgIpc) is 3.85. The van der Waals surface area contributed by atoms with Crippen LogP contribution in [0.2, 0.25) is 0 Å². The molecule has 0 fully saturated rings. The van der Waals surface area contributed by atoms with Crippen molar-refractivity contribution in [3.63, 3.8) is 0 Å². The van der Waals surface area contributed by atoms with Gasteiger partial charge in [0.2, 0.25) is 5.89 Å². The molecule has 0 amide bonds. The third-order valence-electron chi connectivity index (χ3n) is 10.7. The van der Waals surface area contributed by atoms with Gasteiger partial charge in [0, 0.05) is 27.5 Å². The normalized spacial score (nSPS) is 11.6. The first-order chi connectivity index (χ1) is 27.3. The zero-order chi connectivity index (χ0) is 36.3. The highest BCUT2D eigenvalue weighted by atomic mass is 16.4. The summed E-state index contributed by atoms with van der Waals surface area (Å²) < 4.78 is 13.2. The van der Waals surface area contributed by atoms with Crippen LogP contribution in [0.25, 0.3) is 88.3 Å². The van der Waals surface area contributed by atoms with Crippen LogP contribution in [0.1, 0.15) is 0 Å². The smallest absolute Gasteiger partial charge is 0.231 e. The summed E-state index contributed by atoms with van der Waals surface area (Å²) in [4.78, 5) is 7.29. The first-order valence-corrected chi connectivity index (χ1v) is 18.5. The number of benzene rings is 9. The summed E-state index contributed by atoms with van der Waals surface area (Å²) in [5.41, 5.74) is 11.9. The molecule has 0 radical (unpaired) electrons. The van der Waals surface area contributed by atoms with Crippen LogP contribution in [0.3, 0.4) is 0 Å². The van der Waals surface area contributed by atoms with Crippen molar-refractivity contribution in [3.05, 3.63) is 194 Å². The molecule has 2 heterocycles. The molecule has 258 valence electrons. The molecule has 0 aliphatic heterocycles. The van der Waals surface area contributed by atoms with Crippen molar-refractivity contribution in [2.45, 2.75) is 0 Å². The van der Waals surface area contributed by atoms with E-state index in [0.717, 1.165) is 88.3 Å². The SMILES string of the molecule is c1ccc(-c2ccc(N(c3ccccc3)c3ccc(-c4cccc5oc6c(-c7nc8ccccc8o7)c7ccccc7cc6c45)c4ccccc34)cc2)cc1. The number of nitrogens with zero attached hydrogens (tertiary/aromatic N) is 2. The Hall–Kier alpha value is -7.43. The van der Waals surface area contributed by atoms with Crippen LogP contribution in [-0.2, 0) is 0 Å². The van der Waals surface area contributed by atoms with Crippen molar-refractivity contribution in [1.82, 2.24) is 4.98 Å². The van der Waals surface area contributed by atoms with Crippen LogP contribution in [0.4, 0.5) is 17.1 Å². The predicted molar refractivity (Wildman–Crippen MR) is 227 cm³/mol. The molecular weight excluding hydrogens is 673 g/mol. The van der Waals surface area contributed by atoms with Crippen molar-refractivity contribution in [3.8, 4) is 33.7 Å². The lowest BCUT2D eigenvalue weighted by Gasteiger charge is -2.27. The molecule has 11 rings (SSSR count). The fourth-order valence-electron chi connectivity index (χ4n) is 8.19. The van der Waals surface area contributed by atoms with E-state index >= 15 is 0 Å². The Bertz CT molecular complexity index is 3170. The van der Waals surface area contributed by atoms with Crippen LogP contribution in [0.5, 0.6) is 0 Å². The third-order valence-corrected chi connectivity index (χ3v) is 10.7. The van der Waals surface area contributed by atoms with E-state index in [-0.39, 0.29) is 0 Å². The zero-order valence-electron chi connectivity index (χ0n) is 29.7. The van der Waals surface area contributed by atoms with Gasteiger partial charge in [-0.1, -0.05) is 140 Å². The number of furan rings is 1. The molecule has 0 saturated heterocycles. The number of rotatable bonds is 6. The summed E-state index contributed by atoms with van der Waals surface area (Å²) in [5.74, 6) is 0.552. The second-order valence-electron chi connectivity index (χ2n) is 13.9. The van der Waals surface area contributed by atoms with E-state index in [9.17, 15) is 0 Å². The second-order valence-corrected chi connectivity index (χ2v) is 13.9. The largest absolute Gasteiger partial charge is 0.455 e. The Morgan fingerprint density at radius 1 is 0.418 bits per heavy atom. The fraction of sp³-hybridized carbons (Fsp3) is 0. The number of hydrogen-bond donors (Lipinski definition) is 0. The summed E-state index contributed by atoms with van der Waals surface area (Å²) >= 11 is 0. The van der Waals surface area contributed by atoms with E-state index in [2.05, 4.69) is 175 Å². The quantitative estimate of drug-likeness (QED) is 0.173. The van der Waals surface area contributed by atoms with Gasteiger partial charge in [0.1, 0.15) is 16.7 Å². The number of para-hydroxylation sites is 3. The average molecular weight is 705 g/mol. The Kier molecular flexibility index (Phi) is 7.14. The van der Waals surface area contributed by atoms with Gasteiger partial charge in [-0.05, 0) is 93.0 Å². The van der Waals surface area contributed by atoms with Crippen molar-refractivity contribution in [1.29, 1.82) is 0 Å². The molecule has 0 N–H and O–H groups in total.